The smallest absolute Gasteiger partial charge is 0.169 e. The van der Waals surface area contributed by atoms with Gasteiger partial charge in [0.25, 0.3) is 0 Å². The largest absolute Gasteiger partial charge is 0.358 e. The molecule has 0 spiro atoms. The molecule has 0 aliphatic carbocycles. The van der Waals surface area contributed by atoms with E-state index in [2.05, 4.69) is 38.5 Å². The van der Waals surface area contributed by atoms with Gasteiger partial charge < -0.3 is 10.2 Å². The highest BCUT2D eigenvalue weighted by Gasteiger charge is 2.11. The summed E-state index contributed by atoms with van der Waals surface area (Å²) in [6.45, 7) is 1.44. The lowest BCUT2D eigenvalue weighted by Gasteiger charge is -2.21. The Morgan fingerprint density at radius 1 is 1.40 bits per heavy atom. The number of benzene rings is 1. The molecule has 0 aliphatic heterocycles. The maximum atomic E-state index is 5.41. The van der Waals surface area contributed by atoms with Gasteiger partial charge in [0, 0.05) is 20.6 Å². The minimum atomic E-state index is 0.706. The summed E-state index contributed by atoms with van der Waals surface area (Å²) in [6.07, 6.45) is 1.80. The predicted molar refractivity (Wildman–Crippen MR) is 88.3 cm³/mol. The summed E-state index contributed by atoms with van der Waals surface area (Å²) in [5, 5.41) is 8.19. The van der Waals surface area contributed by atoms with Gasteiger partial charge in [-0.2, -0.15) is 5.10 Å². The highest BCUT2D eigenvalue weighted by atomic mass is 79.9. The molecule has 106 valence electrons. The van der Waals surface area contributed by atoms with E-state index >= 15 is 0 Å². The molecule has 1 heterocycles. The molecule has 0 unspecified atom stereocenters. The number of aromatic nitrogens is 2. The molecule has 0 aliphatic rings. The van der Waals surface area contributed by atoms with Crippen LogP contribution in [0.5, 0.6) is 0 Å². The van der Waals surface area contributed by atoms with Crippen LogP contribution in [0.4, 0.5) is 0 Å². The summed E-state index contributed by atoms with van der Waals surface area (Å²) in [7, 11) is 3.90. The van der Waals surface area contributed by atoms with E-state index in [4.69, 9.17) is 12.2 Å². The van der Waals surface area contributed by atoms with E-state index in [9.17, 15) is 0 Å². The van der Waals surface area contributed by atoms with Gasteiger partial charge in [-0.15, -0.1) is 0 Å². The molecule has 4 nitrogen and oxygen atoms in total. The molecule has 1 aromatic heterocycles. The molecule has 2 rings (SSSR count). The van der Waals surface area contributed by atoms with Crippen LogP contribution >= 0.6 is 28.1 Å². The predicted octanol–water partition coefficient (Wildman–Crippen LogP) is 2.69. The molecule has 0 saturated carbocycles. The van der Waals surface area contributed by atoms with Crippen LogP contribution < -0.4 is 5.32 Å². The first-order chi connectivity index (χ1) is 9.58. The lowest BCUT2D eigenvalue weighted by atomic mass is 10.2. The van der Waals surface area contributed by atoms with Gasteiger partial charge in [0.05, 0.1) is 22.9 Å². The van der Waals surface area contributed by atoms with Crippen molar-refractivity contribution in [3.05, 3.63) is 52.3 Å². The van der Waals surface area contributed by atoms with E-state index in [1.54, 1.807) is 6.20 Å². The molecule has 0 atom stereocenters. The van der Waals surface area contributed by atoms with Crippen LogP contribution in [0.25, 0.3) is 0 Å². The molecule has 1 N–H and O–H groups in total. The fourth-order valence-corrected chi connectivity index (χ4v) is 2.43. The van der Waals surface area contributed by atoms with Crippen molar-refractivity contribution in [3.8, 4) is 0 Å². The third kappa shape index (κ3) is 3.80. The quantitative estimate of drug-likeness (QED) is 0.857. The van der Waals surface area contributed by atoms with Crippen molar-refractivity contribution in [1.29, 1.82) is 0 Å². The first-order valence-electron chi connectivity index (χ1n) is 6.27. The molecular weight excluding hydrogens is 336 g/mol. The lowest BCUT2D eigenvalue weighted by molar-refractivity contribution is 0.465. The summed E-state index contributed by atoms with van der Waals surface area (Å²) >= 11 is 8.90. The summed E-state index contributed by atoms with van der Waals surface area (Å²) in [4.78, 5) is 2.00. The minimum absolute atomic E-state index is 0.706. The SMILES string of the molecule is CN(Cc1c(Br)cnn1C)C(=S)NCc1ccccc1. The van der Waals surface area contributed by atoms with Gasteiger partial charge in [-0.25, -0.2) is 0 Å². The van der Waals surface area contributed by atoms with E-state index in [0.29, 0.717) is 6.54 Å². The molecule has 0 radical (unpaired) electrons. The second-order valence-electron chi connectivity index (χ2n) is 4.56. The van der Waals surface area contributed by atoms with Gasteiger partial charge in [-0.1, -0.05) is 30.3 Å². The fourth-order valence-electron chi connectivity index (χ4n) is 1.82. The standard InChI is InChI=1S/C14H17BrN4S/c1-18(10-13-12(15)9-17-19(13)2)14(20)16-8-11-6-4-3-5-7-11/h3-7,9H,8,10H2,1-2H3,(H,16,20). The highest BCUT2D eigenvalue weighted by Crippen LogP contribution is 2.16. The van der Waals surface area contributed by atoms with Gasteiger partial charge in [0.15, 0.2) is 5.11 Å². The Balaban J connectivity index is 1.89. The van der Waals surface area contributed by atoms with Crippen molar-refractivity contribution < 1.29 is 0 Å². The Morgan fingerprint density at radius 2 is 2.10 bits per heavy atom. The molecule has 1 aromatic carbocycles. The molecule has 0 bridgehead atoms. The number of thiocarbonyl (C=S) groups is 1. The summed E-state index contributed by atoms with van der Waals surface area (Å²) in [5.41, 5.74) is 2.31. The zero-order chi connectivity index (χ0) is 14.5. The number of hydrogen-bond donors (Lipinski definition) is 1. The Bertz CT molecular complexity index is 563. The first-order valence-corrected chi connectivity index (χ1v) is 7.47. The number of nitrogens with one attached hydrogen (secondary N) is 1. The second kappa shape index (κ2) is 6.85. The first kappa shape index (κ1) is 15.0. The van der Waals surface area contributed by atoms with Crippen LogP contribution in [0.3, 0.4) is 0 Å². The van der Waals surface area contributed by atoms with Crippen molar-refractivity contribution in [1.82, 2.24) is 20.0 Å². The van der Waals surface area contributed by atoms with Gasteiger partial charge in [0.1, 0.15) is 0 Å². The summed E-state index contributed by atoms with van der Waals surface area (Å²) in [6, 6.07) is 10.2. The van der Waals surface area contributed by atoms with Crippen molar-refractivity contribution in [2.75, 3.05) is 7.05 Å². The van der Waals surface area contributed by atoms with E-state index in [1.165, 1.54) is 5.56 Å². The van der Waals surface area contributed by atoms with Crippen LogP contribution in [0.2, 0.25) is 0 Å². The maximum Gasteiger partial charge on any atom is 0.169 e. The monoisotopic (exact) mass is 352 g/mol. The van der Waals surface area contributed by atoms with Gasteiger partial charge in [0.2, 0.25) is 0 Å². The van der Waals surface area contributed by atoms with Crippen LogP contribution in [0, 0.1) is 0 Å². The Morgan fingerprint density at radius 3 is 2.70 bits per heavy atom. The van der Waals surface area contributed by atoms with Crippen LogP contribution in [0.15, 0.2) is 41.0 Å². The van der Waals surface area contributed by atoms with Gasteiger partial charge >= 0.3 is 0 Å². The topological polar surface area (TPSA) is 33.1 Å². The third-order valence-corrected chi connectivity index (χ3v) is 4.15. The molecule has 0 fully saturated rings. The molecule has 6 heteroatoms. The van der Waals surface area contributed by atoms with E-state index < -0.39 is 0 Å². The molecule has 20 heavy (non-hydrogen) atoms. The van der Waals surface area contributed by atoms with Crippen molar-refractivity contribution in [3.63, 3.8) is 0 Å². The zero-order valence-corrected chi connectivity index (χ0v) is 13.9. The van der Waals surface area contributed by atoms with Crippen molar-refractivity contribution in [2.45, 2.75) is 13.1 Å². The maximum absolute atomic E-state index is 5.41. The van der Waals surface area contributed by atoms with E-state index in [-0.39, 0.29) is 0 Å². The van der Waals surface area contributed by atoms with E-state index in [1.807, 2.05) is 41.9 Å². The third-order valence-electron chi connectivity index (χ3n) is 3.03. The number of nitrogens with zero attached hydrogens (tertiary/aromatic N) is 3. The zero-order valence-electron chi connectivity index (χ0n) is 11.5. The van der Waals surface area contributed by atoms with Crippen LogP contribution in [-0.2, 0) is 20.1 Å². The van der Waals surface area contributed by atoms with Crippen LogP contribution in [0.1, 0.15) is 11.3 Å². The average Bonchev–Trinajstić information content (AvgIpc) is 2.77. The lowest BCUT2D eigenvalue weighted by Crippen LogP contribution is -2.36. The number of aryl methyl sites for hydroxylation is 1. The van der Waals surface area contributed by atoms with Gasteiger partial charge in [-0.05, 0) is 33.7 Å². The average molecular weight is 353 g/mol. The van der Waals surface area contributed by atoms with Crippen LogP contribution in [-0.4, -0.2) is 26.8 Å². The minimum Gasteiger partial charge on any atom is -0.358 e. The fraction of sp³-hybridized carbons (Fsp3) is 0.286. The molecule has 0 amide bonds. The number of halogens is 1. The van der Waals surface area contributed by atoms with E-state index in [0.717, 1.165) is 21.8 Å². The molecule has 2 aromatic rings. The Labute approximate surface area is 132 Å². The Hall–Kier alpha value is -1.40. The summed E-state index contributed by atoms with van der Waals surface area (Å²) in [5.74, 6) is 0. The number of hydrogen-bond acceptors (Lipinski definition) is 2. The number of rotatable bonds is 4. The normalized spacial score (nSPS) is 10.3. The van der Waals surface area contributed by atoms with Gasteiger partial charge in [-0.3, -0.25) is 4.68 Å². The van der Waals surface area contributed by atoms with Crippen molar-refractivity contribution in [2.24, 2.45) is 7.05 Å². The van der Waals surface area contributed by atoms with Crippen molar-refractivity contribution >= 4 is 33.3 Å². The molecular formula is C14H17BrN4S. The Kier molecular flexibility index (Phi) is 5.14. The molecule has 0 saturated heterocycles. The highest BCUT2D eigenvalue weighted by molar-refractivity contribution is 9.10. The summed E-state index contributed by atoms with van der Waals surface area (Å²) < 4.78 is 2.85. The second-order valence-corrected chi connectivity index (χ2v) is 5.80.